The van der Waals surface area contributed by atoms with E-state index in [4.69, 9.17) is 9.47 Å². The molecule has 0 aliphatic carbocycles. The molecule has 1 unspecified atom stereocenters. The third-order valence-electron chi connectivity index (χ3n) is 8.03. The molecule has 5 heterocycles. The first-order valence-corrected chi connectivity index (χ1v) is 13.8. The van der Waals surface area contributed by atoms with E-state index in [1.54, 1.807) is 10.7 Å². The zero-order valence-electron chi connectivity index (χ0n) is 22.5. The minimum atomic E-state index is -2.31. The molecule has 5 aromatic rings. The van der Waals surface area contributed by atoms with Crippen molar-refractivity contribution in [1.29, 1.82) is 0 Å². The van der Waals surface area contributed by atoms with Gasteiger partial charge in [0, 0.05) is 30.0 Å². The van der Waals surface area contributed by atoms with Crippen LogP contribution in [0.2, 0.25) is 0 Å². The van der Waals surface area contributed by atoms with Gasteiger partial charge in [0.25, 0.3) is 6.43 Å². The number of nitrogens with zero attached hydrogens (tertiary/aromatic N) is 6. The summed E-state index contributed by atoms with van der Waals surface area (Å²) < 4.78 is 40.6. The van der Waals surface area contributed by atoms with E-state index in [1.165, 1.54) is 12.7 Å². The molecule has 2 aliphatic rings. The summed E-state index contributed by atoms with van der Waals surface area (Å²) in [5, 5.41) is 8.34. The second-order valence-electron chi connectivity index (χ2n) is 10.7. The van der Waals surface area contributed by atoms with Crippen LogP contribution < -0.4 is 14.8 Å². The van der Waals surface area contributed by atoms with Crippen molar-refractivity contribution in [3.63, 3.8) is 0 Å². The third-order valence-corrected chi connectivity index (χ3v) is 8.03. The van der Waals surface area contributed by atoms with Gasteiger partial charge in [-0.05, 0) is 74.6 Å². The number of aromatic nitrogens is 5. The molecule has 41 heavy (non-hydrogen) atoms. The number of hydrogen-bond acceptors (Lipinski definition) is 8. The lowest BCUT2D eigenvalue weighted by Crippen LogP contribution is -2.48. The second kappa shape index (κ2) is 10.5. The maximum absolute atomic E-state index is 13.1. The van der Waals surface area contributed by atoms with Crippen LogP contribution in [0.3, 0.4) is 0 Å². The first kappa shape index (κ1) is 25.6. The Hall–Kier alpha value is -4.38. The van der Waals surface area contributed by atoms with E-state index in [9.17, 15) is 8.78 Å². The number of hydrogen-bond donors (Lipinski definition) is 1. The second-order valence-corrected chi connectivity index (χ2v) is 10.7. The number of benzene rings is 2. The van der Waals surface area contributed by atoms with Gasteiger partial charge in [0.05, 0.1) is 17.4 Å². The topological polar surface area (TPSA) is 89.7 Å². The Kier molecular flexibility index (Phi) is 6.58. The minimum absolute atomic E-state index is 0.0456. The van der Waals surface area contributed by atoms with Crippen molar-refractivity contribution in [2.24, 2.45) is 0 Å². The lowest BCUT2D eigenvalue weighted by atomic mass is 9.99. The van der Waals surface area contributed by atoms with Gasteiger partial charge in [-0.25, -0.2) is 28.2 Å². The average Bonchev–Trinajstić information content (AvgIpc) is 3.50. The molecule has 11 heteroatoms. The molecule has 1 N–H and O–H groups in total. The van der Waals surface area contributed by atoms with Gasteiger partial charge in [0.1, 0.15) is 41.8 Å². The number of nitrogens with one attached hydrogen (secondary N) is 1. The number of halogens is 2. The maximum atomic E-state index is 13.1. The number of alkyl halides is 2. The predicted molar refractivity (Wildman–Crippen MR) is 150 cm³/mol. The van der Waals surface area contributed by atoms with E-state index >= 15 is 0 Å². The molecule has 0 saturated carbocycles. The monoisotopic (exact) mass is 557 g/mol. The number of piperidine rings is 1. The standard InChI is InChI=1S/C30H29F2N7O2/c1-18-11-19(5-8-25(18)40-22-9-10-39-28(14-22)34-17-36-39)37-30-29-24(33-16-35-30)3-2-4-26(29)41-23-12-20-6-7-21(13-23)38(20)15-27(31)32/h2-5,8-11,14,16-17,20-21,23,27H,6-7,12-13,15H2,1H3,(H,33,35,37)/t20-,21?,23+/m0/s1. The third kappa shape index (κ3) is 5.13. The molecule has 3 atom stereocenters. The zero-order valence-corrected chi connectivity index (χ0v) is 22.5. The molecule has 2 aromatic carbocycles. The van der Waals surface area contributed by atoms with E-state index in [2.05, 4.69) is 25.4 Å². The predicted octanol–water partition coefficient (Wildman–Crippen LogP) is 6.16. The fourth-order valence-electron chi connectivity index (χ4n) is 6.19. The fourth-order valence-corrected chi connectivity index (χ4v) is 6.19. The van der Waals surface area contributed by atoms with E-state index in [0.29, 0.717) is 23.0 Å². The number of fused-ring (bicyclic) bond motifs is 4. The molecule has 2 aliphatic heterocycles. The average molecular weight is 558 g/mol. The van der Waals surface area contributed by atoms with Crippen LogP contribution in [0, 0.1) is 6.92 Å². The van der Waals surface area contributed by atoms with Gasteiger partial charge < -0.3 is 14.8 Å². The Morgan fingerprint density at radius 3 is 2.63 bits per heavy atom. The molecule has 0 radical (unpaired) electrons. The van der Waals surface area contributed by atoms with Crippen LogP contribution in [-0.2, 0) is 0 Å². The van der Waals surface area contributed by atoms with Crippen LogP contribution in [-0.4, -0.2) is 60.6 Å². The first-order valence-electron chi connectivity index (χ1n) is 13.8. The number of pyridine rings is 1. The van der Waals surface area contributed by atoms with Crippen LogP contribution >= 0.6 is 0 Å². The smallest absolute Gasteiger partial charge is 0.251 e. The quantitative estimate of drug-likeness (QED) is 0.243. The summed E-state index contributed by atoms with van der Waals surface area (Å²) in [5.41, 5.74) is 3.25. The van der Waals surface area contributed by atoms with E-state index in [0.717, 1.165) is 53.6 Å². The van der Waals surface area contributed by atoms with Crippen LogP contribution in [0.5, 0.6) is 17.2 Å². The lowest BCUT2D eigenvalue weighted by molar-refractivity contribution is 0.00794. The lowest BCUT2D eigenvalue weighted by Gasteiger charge is -2.38. The van der Waals surface area contributed by atoms with Crippen molar-refractivity contribution >= 4 is 28.1 Å². The molecule has 7 rings (SSSR count). The highest BCUT2D eigenvalue weighted by Crippen LogP contribution is 2.40. The molecular formula is C30H29F2N7O2. The van der Waals surface area contributed by atoms with Gasteiger partial charge in [0.2, 0.25) is 0 Å². The minimum Gasteiger partial charge on any atom is -0.489 e. The van der Waals surface area contributed by atoms with Crippen LogP contribution in [0.15, 0.2) is 67.4 Å². The van der Waals surface area contributed by atoms with Gasteiger partial charge >= 0.3 is 0 Å². The summed E-state index contributed by atoms with van der Waals surface area (Å²) >= 11 is 0. The van der Waals surface area contributed by atoms with Crippen LogP contribution in [0.1, 0.15) is 31.2 Å². The number of aryl methyl sites for hydroxylation is 1. The van der Waals surface area contributed by atoms with Gasteiger partial charge in [-0.2, -0.15) is 5.10 Å². The van der Waals surface area contributed by atoms with Gasteiger partial charge in [-0.15, -0.1) is 0 Å². The summed E-state index contributed by atoms with van der Waals surface area (Å²) in [6, 6.07) is 15.6. The first-order chi connectivity index (χ1) is 20.0. The molecule has 2 fully saturated rings. The molecule has 9 nitrogen and oxygen atoms in total. The van der Waals surface area contributed by atoms with Crippen LogP contribution in [0.4, 0.5) is 20.3 Å². The highest BCUT2D eigenvalue weighted by Gasteiger charge is 2.42. The van der Waals surface area contributed by atoms with Gasteiger partial charge in [0.15, 0.2) is 5.65 Å². The summed E-state index contributed by atoms with van der Waals surface area (Å²) in [5.74, 6) is 2.72. The molecule has 0 amide bonds. The Bertz CT molecular complexity index is 1690. The molecule has 3 aromatic heterocycles. The van der Waals surface area contributed by atoms with Crippen molar-refractivity contribution in [1.82, 2.24) is 29.5 Å². The normalized spacial score (nSPS) is 20.6. The summed E-state index contributed by atoms with van der Waals surface area (Å²) in [4.78, 5) is 15.2. The fraction of sp³-hybridized carbons (Fsp3) is 0.333. The molecule has 2 saturated heterocycles. The van der Waals surface area contributed by atoms with Crippen molar-refractivity contribution in [2.75, 3.05) is 11.9 Å². The number of ether oxygens (including phenoxy) is 2. The summed E-state index contributed by atoms with van der Waals surface area (Å²) in [6.07, 6.45) is 5.84. The van der Waals surface area contributed by atoms with Crippen molar-refractivity contribution in [3.8, 4) is 17.2 Å². The Labute approximate surface area is 235 Å². The van der Waals surface area contributed by atoms with E-state index < -0.39 is 6.43 Å². The molecule has 2 bridgehead atoms. The van der Waals surface area contributed by atoms with E-state index in [-0.39, 0.29) is 24.7 Å². The summed E-state index contributed by atoms with van der Waals surface area (Å²) in [7, 11) is 0. The van der Waals surface area contributed by atoms with Gasteiger partial charge in [-0.3, -0.25) is 4.90 Å². The molecule has 210 valence electrons. The maximum Gasteiger partial charge on any atom is 0.251 e. The number of anilines is 2. The zero-order chi connectivity index (χ0) is 27.9. The van der Waals surface area contributed by atoms with Crippen molar-refractivity contribution < 1.29 is 18.3 Å². The van der Waals surface area contributed by atoms with E-state index in [1.807, 2.05) is 60.4 Å². The summed E-state index contributed by atoms with van der Waals surface area (Å²) in [6.45, 7) is 1.83. The molecule has 0 spiro atoms. The van der Waals surface area contributed by atoms with Crippen molar-refractivity contribution in [3.05, 3.63) is 72.9 Å². The Morgan fingerprint density at radius 2 is 1.83 bits per heavy atom. The Balaban J connectivity index is 1.11. The molecular weight excluding hydrogens is 528 g/mol. The van der Waals surface area contributed by atoms with Crippen molar-refractivity contribution in [2.45, 2.75) is 57.2 Å². The number of rotatable bonds is 8. The SMILES string of the molecule is Cc1cc(Nc2ncnc3cccc(O[C@H]4CC5CC[C@@H](C4)N5CC(F)F)c23)ccc1Oc1ccn2ncnc2c1. The van der Waals surface area contributed by atoms with Crippen LogP contribution in [0.25, 0.3) is 16.6 Å². The highest BCUT2D eigenvalue weighted by molar-refractivity contribution is 5.95. The highest BCUT2D eigenvalue weighted by atomic mass is 19.3. The Morgan fingerprint density at radius 1 is 0.976 bits per heavy atom. The van der Waals surface area contributed by atoms with Gasteiger partial charge in [-0.1, -0.05) is 6.07 Å². The largest absolute Gasteiger partial charge is 0.489 e.